The summed E-state index contributed by atoms with van der Waals surface area (Å²) in [6.45, 7) is 12.2. The predicted octanol–water partition coefficient (Wildman–Crippen LogP) is 9.31. The second-order valence-corrected chi connectivity index (χ2v) is 12.5. The van der Waals surface area contributed by atoms with Crippen LogP contribution in [-0.4, -0.2) is 15.9 Å². The first kappa shape index (κ1) is 31.2. The van der Waals surface area contributed by atoms with Gasteiger partial charge in [0.1, 0.15) is 0 Å². The number of aliphatic hydroxyl groups excluding tert-OH is 1. The molecule has 0 saturated heterocycles. The van der Waals surface area contributed by atoms with Gasteiger partial charge in [0, 0.05) is 39.0 Å². The van der Waals surface area contributed by atoms with Crippen LogP contribution in [0.2, 0.25) is 0 Å². The number of rotatable bonds is 7. The number of hydrogen-bond acceptors (Lipinski definition) is 3. The minimum absolute atomic E-state index is 0. The molecule has 1 aromatic heterocycles. The molecular weight excluding hydrogens is 659 g/mol. The van der Waals surface area contributed by atoms with Gasteiger partial charge in [-0.05, 0) is 77.6 Å². The van der Waals surface area contributed by atoms with Crippen LogP contribution in [-0.2, 0) is 24.9 Å². The molecular formula is C35H44IrNO2-. The minimum atomic E-state index is 0. The van der Waals surface area contributed by atoms with Gasteiger partial charge in [-0.15, -0.1) is 34.9 Å². The zero-order valence-electron chi connectivity index (χ0n) is 24.4. The number of carbonyl (C=O) groups excluding carboxylic acids is 1. The molecule has 2 aliphatic carbocycles. The molecule has 4 heteroatoms. The molecule has 1 N–H and O–H groups in total. The van der Waals surface area contributed by atoms with Gasteiger partial charge >= 0.3 is 0 Å². The Bertz CT molecular complexity index is 1290. The Morgan fingerprint density at radius 2 is 1.74 bits per heavy atom. The number of nitrogens with zero attached hydrogens (tertiary/aromatic N) is 1. The molecule has 3 atom stereocenters. The summed E-state index contributed by atoms with van der Waals surface area (Å²) in [4.78, 5) is 16.1. The molecule has 2 aliphatic rings. The second-order valence-electron chi connectivity index (χ2n) is 12.5. The topological polar surface area (TPSA) is 50.2 Å². The molecule has 3 aromatic rings. The third-order valence-electron chi connectivity index (χ3n) is 7.86. The van der Waals surface area contributed by atoms with Crippen molar-refractivity contribution >= 4 is 16.7 Å². The standard InChI is InChI=1S/C24H24N.C11H20O2.Ir/c1-15-9-16(2)11-21(10-15)24-8-6-20-14-19(5-7-23(20)25-24)22-13-17-3-4-18(22)12-17;1-8(2)5-10(12)7-11(13)6-9(3)4;/h5-10,14,17-18,22H,3-4,12-13H2,1-2H3;7-9,12H,5-6H2,1-4H3;/q-1;;/b;10-7-;. The van der Waals surface area contributed by atoms with Crippen LogP contribution < -0.4 is 0 Å². The molecule has 211 valence electrons. The first-order valence-electron chi connectivity index (χ1n) is 14.4. The van der Waals surface area contributed by atoms with Crippen LogP contribution in [0.15, 0.2) is 54.3 Å². The number of aryl methyl sites for hydroxylation is 2. The van der Waals surface area contributed by atoms with Gasteiger partial charge in [0.05, 0.1) is 11.3 Å². The van der Waals surface area contributed by atoms with Gasteiger partial charge in [0.15, 0.2) is 5.78 Å². The minimum Gasteiger partial charge on any atom is -0.512 e. The third-order valence-corrected chi connectivity index (χ3v) is 7.86. The van der Waals surface area contributed by atoms with E-state index in [0.717, 1.165) is 34.5 Å². The molecule has 1 radical (unpaired) electrons. The van der Waals surface area contributed by atoms with Crippen molar-refractivity contribution in [2.75, 3.05) is 0 Å². The SMILES string of the molecule is CC(C)CC(=O)/C=C(\O)CC(C)C.Cc1[c-]c(-c2ccc3cc(C4CC5CCC4C5)ccc3n2)cc(C)c1.[Ir]. The second kappa shape index (κ2) is 13.9. The Hall–Kier alpha value is -2.29. The first-order chi connectivity index (χ1) is 18.1. The number of ketones is 1. The van der Waals surface area contributed by atoms with Gasteiger partial charge in [0.2, 0.25) is 0 Å². The number of hydrogen-bond donors (Lipinski definition) is 1. The summed E-state index contributed by atoms with van der Waals surface area (Å²) in [7, 11) is 0. The Labute approximate surface area is 248 Å². The third kappa shape index (κ3) is 8.60. The maximum absolute atomic E-state index is 11.2. The summed E-state index contributed by atoms with van der Waals surface area (Å²) in [6, 6.07) is 19.1. The number of pyridine rings is 1. The van der Waals surface area contributed by atoms with E-state index in [4.69, 9.17) is 4.98 Å². The molecule has 3 nitrogen and oxygen atoms in total. The Kier molecular flexibility index (Phi) is 11.1. The normalized spacial score (nSPS) is 20.2. The van der Waals surface area contributed by atoms with Gasteiger partial charge < -0.3 is 5.11 Å². The van der Waals surface area contributed by atoms with Crippen LogP contribution in [0.5, 0.6) is 0 Å². The molecule has 1 heterocycles. The van der Waals surface area contributed by atoms with Crippen molar-refractivity contribution < 1.29 is 30.0 Å². The average Bonchev–Trinajstić information content (AvgIpc) is 3.46. The Balaban J connectivity index is 0.000000260. The number of benzene rings is 2. The van der Waals surface area contributed by atoms with E-state index in [9.17, 15) is 9.90 Å². The maximum Gasteiger partial charge on any atom is 0.159 e. The molecule has 5 rings (SSSR count). The largest absolute Gasteiger partial charge is 0.512 e. The van der Waals surface area contributed by atoms with Crippen molar-refractivity contribution in [2.24, 2.45) is 23.7 Å². The van der Waals surface area contributed by atoms with Crippen molar-refractivity contribution in [2.45, 2.75) is 86.0 Å². The maximum atomic E-state index is 11.2. The average molecular weight is 703 g/mol. The number of carbonyl (C=O) groups is 1. The monoisotopic (exact) mass is 703 g/mol. The molecule has 0 spiro atoms. The molecule has 2 saturated carbocycles. The fourth-order valence-electron chi connectivity index (χ4n) is 6.34. The molecule has 39 heavy (non-hydrogen) atoms. The summed E-state index contributed by atoms with van der Waals surface area (Å²) in [5, 5.41) is 10.6. The van der Waals surface area contributed by atoms with Crippen molar-refractivity contribution in [3.05, 3.63) is 77.1 Å². The van der Waals surface area contributed by atoms with Crippen molar-refractivity contribution in [1.82, 2.24) is 4.98 Å². The molecule has 2 fully saturated rings. The van der Waals surface area contributed by atoms with E-state index in [1.165, 1.54) is 53.8 Å². The molecule has 0 amide bonds. The Morgan fingerprint density at radius 3 is 2.36 bits per heavy atom. The van der Waals surface area contributed by atoms with Crippen LogP contribution in [0.3, 0.4) is 0 Å². The molecule has 2 bridgehead atoms. The Morgan fingerprint density at radius 1 is 1.00 bits per heavy atom. The summed E-state index contributed by atoms with van der Waals surface area (Å²) in [5.74, 6) is 3.69. The fourth-order valence-corrected chi connectivity index (χ4v) is 6.34. The molecule has 0 aliphatic heterocycles. The smallest absolute Gasteiger partial charge is 0.159 e. The molecule has 2 aromatic carbocycles. The van der Waals surface area contributed by atoms with E-state index in [-0.39, 0.29) is 31.6 Å². The predicted molar refractivity (Wildman–Crippen MR) is 158 cm³/mol. The number of allylic oxidation sites excluding steroid dienone is 2. The van der Waals surface area contributed by atoms with Crippen LogP contribution in [0.1, 0.15) is 88.8 Å². The van der Waals surface area contributed by atoms with E-state index in [0.29, 0.717) is 24.7 Å². The fraction of sp³-hybridized carbons (Fsp3) is 0.486. The quantitative estimate of drug-likeness (QED) is 0.152. The van der Waals surface area contributed by atoms with Crippen molar-refractivity contribution in [1.29, 1.82) is 0 Å². The zero-order valence-corrected chi connectivity index (χ0v) is 26.8. The number of aliphatic hydroxyl groups is 1. The summed E-state index contributed by atoms with van der Waals surface area (Å²) < 4.78 is 0. The summed E-state index contributed by atoms with van der Waals surface area (Å²) in [6.07, 6.45) is 8.23. The van der Waals surface area contributed by atoms with Gasteiger partial charge in [-0.1, -0.05) is 66.2 Å². The first-order valence-corrected chi connectivity index (χ1v) is 14.4. The molecule has 3 unspecified atom stereocenters. The van der Waals surface area contributed by atoms with E-state index in [2.05, 4.69) is 62.4 Å². The van der Waals surface area contributed by atoms with Gasteiger partial charge in [-0.3, -0.25) is 9.78 Å². The van der Waals surface area contributed by atoms with Gasteiger partial charge in [-0.25, -0.2) is 0 Å². The van der Waals surface area contributed by atoms with Crippen molar-refractivity contribution in [3.8, 4) is 11.3 Å². The van der Waals surface area contributed by atoms with E-state index in [1.54, 1.807) is 0 Å². The zero-order chi connectivity index (χ0) is 27.4. The van der Waals surface area contributed by atoms with Gasteiger partial charge in [0.25, 0.3) is 0 Å². The van der Waals surface area contributed by atoms with Crippen LogP contribution >= 0.6 is 0 Å². The van der Waals surface area contributed by atoms with E-state index >= 15 is 0 Å². The van der Waals surface area contributed by atoms with E-state index < -0.39 is 0 Å². The van der Waals surface area contributed by atoms with Crippen LogP contribution in [0, 0.1) is 43.6 Å². The summed E-state index contributed by atoms with van der Waals surface area (Å²) >= 11 is 0. The van der Waals surface area contributed by atoms with Gasteiger partial charge in [-0.2, -0.15) is 0 Å². The van der Waals surface area contributed by atoms with E-state index in [1.807, 2.05) is 27.7 Å². The number of aromatic nitrogens is 1. The number of fused-ring (bicyclic) bond motifs is 3. The summed E-state index contributed by atoms with van der Waals surface area (Å²) in [5.41, 5.74) is 7.18. The van der Waals surface area contributed by atoms with Crippen LogP contribution in [0.4, 0.5) is 0 Å². The van der Waals surface area contributed by atoms with Crippen LogP contribution in [0.25, 0.3) is 22.2 Å². The van der Waals surface area contributed by atoms with Crippen molar-refractivity contribution in [3.63, 3.8) is 0 Å².